The molecule has 0 aliphatic carbocycles. The van der Waals surface area contributed by atoms with Gasteiger partial charge in [0, 0.05) is 16.7 Å². The summed E-state index contributed by atoms with van der Waals surface area (Å²) in [5.74, 6) is 4.46. The molecule has 1 atom stereocenters. The molecule has 3 heterocycles. The molecule has 11 heteroatoms. The van der Waals surface area contributed by atoms with Gasteiger partial charge in [0.25, 0.3) is 0 Å². The lowest BCUT2D eigenvalue weighted by Gasteiger charge is -2.18. The van der Waals surface area contributed by atoms with Gasteiger partial charge in [-0.1, -0.05) is 36.4 Å². The normalized spacial score (nSPS) is 11.9. The Morgan fingerprint density at radius 2 is 2.06 bits per heavy atom. The maximum atomic E-state index is 13.1. The number of nitrogens with one attached hydrogen (secondary N) is 3. The van der Waals surface area contributed by atoms with E-state index in [2.05, 4.69) is 27.0 Å². The molecule has 0 radical (unpaired) electrons. The number of carbonyl (C=O) groups is 1. The number of nitrogens with two attached hydrogens (primary N) is 2. The van der Waals surface area contributed by atoms with Crippen LogP contribution in [0.25, 0.3) is 21.7 Å². The van der Waals surface area contributed by atoms with Gasteiger partial charge in [-0.15, -0.1) is 11.3 Å². The molecule has 10 nitrogen and oxygen atoms in total. The number of hydrazine groups is 2. The van der Waals surface area contributed by atoms with Gasteiger partial charge in [-0.25, -0.2) is 21.7 Å². The summed E-state index contributed by atoms with van der Waals surface area (Å²) in [6.45, 7) is 0. The van der Waals surface area contributed by atoms with Crippen molar-refractivity contribution in [2.75, 3.05) is 0 Å². The van der Waals surface area contributed by atoms with Crippen LogP contribution in [0.4, 0.5) is 0 Å². The number of guanidine groups is 1. The summed E-state index contributed by atoms with van der Waals surface area (Å²) in [5.41, 5.74) is 10.4. The van der Waals surface area contributed by atoms with E-state index in [1.807, 2.05) is 23.6 Å². The number of nitriles is 1. The van der Waals surface area contributed by atoms with Crippen LogP contribution >= 0.6 is 11.3 Å². The molecule has 34 heavy (non-hydrogen) atoms. The van der Waals surface area contributed by atoms with E-state index in [1.54, 1.807) is 36.4 Å². The number of amides is 1. The van der Waals surface area contributed by atoms with E-state index in [-0.39, 0.29) is 17.4 Å². The van der Waals surface area contributed by atoms with Gasteiger partial charge in [0.2, 0.25) is 12.0 Å². The first-order chi connectivity index (χ1) is 16.6. The molecule has 1 aromatic carbocycles. The summed E-state index contributed by atoms with van der Waals surface area (Å²) in [5, 5.41) is 16.8. The second kappa shape index (κ2) is 10.3. The predicted molar refractivity (Wildman–Crippen MR) is 125 cm³/mol. The van der Waals surface area contributed by atoms with Crippen molar-refractivity contribution < 1.29 is 19.0 Å². The molecule has 0 saturated carbocycles. The Morgan fingerprint density at radius 3 is 2.71 bits per heavy atom. The number of thiophene rings is 1. The average Bonchev–Trinajstić information content (AvgIpc) is 3.57. The van der Waals surface area contributed by atoms with E-state index >= 15 is 0 Å². The summed E-state index contributed by atoms with van der Waals surface area (Å²) < 4.78 is 11.3. The number of carbonyl (C=O) groups excluding carboxylic acids is 1. The molecule has 0 fully saturated rings. The van der Waals surface area contributed by atoms with Crippen molar-refractivity contribution in [3.63, 3.8) is 0 Å². The number of nitrogens with zero attached hydrogens (tertiary/aromatic N) is 2. The molecule has 4 aromatic rings. The van der Waals surface area contributed by atoms with Gasteiger partial charge in [0.05, 0.1) is 23.1 Å². The van der Waals surface area contributed by atoms with Crippen LogP contribution in [0.15, 0.2) is 76.9 Å². The minimum absolute atomic E-state index is 0.00270. The molecule has 7 N–H and O–H groups in total. The second-order valence-electron chi connectivity index (χ2n) is 6.92. The fourth-order valence-corrected chi connectivity index (χ4v) is 3.92. The van der Waals surface area contributed by atoms with Crippen LogP contribution in [-0.4, -0.2) is 16.9 Å². The molecule has 1 unspecified atom stereocenters. The topological polar surface area (TPSA) is 166 Å². The maximum absolute atomic E-state index is 13.1. The lowest BCUT2D eigenvalue weighted by molar-refractivity contribution is -0.531. The van der Waals surface area contributed by atoms with E-state index in [1.165, 1.54) is 23.9 Å². The van der Waals surface area contributed by atoms with E-state index in [4.69, 9.17) is 20.7 Å². The van der Waals surface area contributed by atoms with Crippen LogP contribution in [0.5, 0.6) is 5.88 Å². The minimum atomic E-state index is -1.17. The molecular formula is C23H20N7O3S+. The number of hydrogen-bond acceptors (Lipinski definition) is 8. The van der Waals surface area contributed by atoms with Crippen LogP contribution in [-0.2, 0) is 4.79 Å². The summed E-state index contributed by atoms with van der Waals surface area (Å²) in [4.78, 5) is 18.6. The molecule has 0 bridgehead atoms. The zero-order valence-electron chi connectivity index (χ0n) is 17.7. The van der Waals surface area contributed by atoms with Crippen LogP contribution in [0.2, 0.25) is 0 Å². The van der Waals surface area contributed by atoms with Crippen molar-refractivity contribution in [2.45, 2.75) is 6.10 Å². The number of aromatic nitrogens is 1. The van der Waals surface area contributed by atoms with Gasteiger partial charge < -0.3 is 9.15 Å². The molecule has 0 saturated heterocycles. The Bertz CT molecular complexity index is 1330. The molecule has 4 rings (SSSR count). The lowest BCUT2D eigenvalue weighted by Crippen LogP contribution is -2.89. The minimum Gasteiger partial charge on any atom is -0.472 e. The first-order valence-corrected chi connectivity index (χ1v) is 10.9. The number of ether oxygens (including phenoxy) is 1. The van der Waals surface area contributed by atoms with Crippen LogP contribution < -0.4 is 32.3 Å². The summed E-state index contributed by atoms with van der Waals surface area (Å²) in [7, 11) is 0. The third-order valence-electron chi connectivity index (χ3n) is 4.74. The third kappa shape index (κ3) is 4.88. The maximum Gasteiger partial charge on any atom is 0.371 e. The average molecular weight is 475 g/mol. The highest BCUT2D eigenvalue weighted by atomic mass is 32.1. The summed E-state index contributed by atoms with van der Waals surface area (Å²) in [6.07, 6.45) is 1.87. The van der Waals surface area contributed by atoms with E-state index in [0.29, 0.717) is 22.4 Å². The molecule has 0 aliphatic rings. The van der Waals surface area contributed by atoms with Crippen molar-refractivity contribution in [1.82, 2.24) is 15.8 Å². The number of pyridine rings is 1. The Balaban J connectivity index is 1.83. The van der Waals surface area contributed by atoms with Gasteiger partial charge in [0.1, 0.15) is 11.6 Å². The van der Waals surface area contributed by atoms with Crippen molar-refractivity contribution in [3.05, 3.63) is 83.6 Å². The Hall–Kier alpha value is -4.66. The highest BCUT2D eigenvalue weighted by Gasteiger charge is 2.29. The predicted octanol–water partition coefficient (Wildman–Crippen LogP) is 0.952. The molecule has 0 spiro atoms. The largest absolute Gasteiger partial charge is 0.472 e. The van der Waals surface area contributed by atoms with E-state index in [0.717, 1.165) is 4.88 Å². The smallest absolute Gasteiger partial charge is 0.371 e. The van der Waals surface area contributed by atoms with Gasteiger partial charge in [-0.3, -0.25) is 10.5 Å². The quantitative estimate of drug-likeness (QED) is 0.114. The molecule has 1 amide bonds. The number of furan rings is 1. The van der Waals surface area contributed by atoms with E-state index < -0.39 is 12.0 Å². The van der Waals surface area contributed by atoms with Crippen LogP contribution in [0, 0.1) is 11.3 Å². The zero-order chi connectivity index (χ0) is 23.9. The third-order valence-corrected chi connectivity index (χ3v) is 5.63. The molecular weight excluding hydrogens is 454 g/mol. The zero-order valence-corrected chi connectivity index (χ0v) is 18.5. The second-order valence-corrected chi connectivity index (χ2v) is 7.86. The summed E-state index contributed by atoms with van der Waals surface area (Å²) >= 11 is 1.49. The van der Waals surface area contributed by atoms with Gasteiger partial charge in [-0.2, -0.15) is 10.4 Å². The van der Waals surface area contributed by atoms with Crippen molar-refractivity contribution in [2.24, 2.45) is 11.6 Å². The van der Waals surface area contributed by atoms with Gasteiger partial charge in [-0.05, 0) is 23.6 Å². The Labute approximate surface area is 198 Å². The highest BCUT2D eigenvalue weighted by molar-refractivity contribution is 7.13. The van der Waals surface area contributed by atoms with Crippen molar-refractivity contribution in [3.8, 4) is 33.6 Å². The lowest BCUT2D eigenvalue weighted by atomic mass is 10.0. The number of rotatable bonds is 7. The number of hydrogen-bond donors (Lipinski definition) is 5. The highest BCUT2D eigenvalue weighted by Crippen LogP contribution is 2.36. The summed E-state index contributed by atoms with van der Waals surface area (Å²) in [6, 6.07) is 18.3. The Kier molecular flexibility index (Phi) is 6.83. The molecule has 170 valence electrons. The molecule has 3 aromatic heterocycles. The first kappa shape index (κ1) is 22.5. The van der Waals surface area contributed by atoms with Gasteiger partial charge in [0.15, 0.2) is 0 Å². The Morgan fingerprint density at radius 1 is 1.24 bits per heavy atom. The van der Waals surface area contributed by atoms with Crippen LogP contribution in [0.1, 0.15) is 17.2 Å². The van der Waals surface area contributed by atoms with Crippen LogP contribution in [0.3, 0.4) is 0 Å². The fourth-order valence-electron chi connectivity index (χ4n) is 3.23. The van der Waals surface area contributed by atoms with Crippen molar-refractivity contribution in [1.29, 1.82) is 5.26 Å². The monoisotopic (exact) mass is 474 g/mol. The first-order valence-electron chi connectivity index (χ1n) is 9.98. The fraction of sp³-hybridized carbons (Fsp3) is 0.0435. The van der Waals surface area contributed by atoms with Crippen molar-refractivity contribution >= 4 is 23.2 Å². The van der Waals surface area contributed by atoms with Gasteiger partial charge >= 0.3 is 11.9 Å². The number of benzene rings is 1. The standard InChI is InChI=1S/C23H19N7O3S/c24-12-17-16(15-8-9-32-13-15)11-18(19-7-4-10-34-19)27-22(17)33-20(14-5-2-1-3-6-14)21(31)28-23(25)29-30-26/h1-11,13,20,30H,26H2,(H3,25,28,29,31)/p+1. The number of hydrazone groups is 1. The SMILES string of the molecule is N#Cc1c(-c2ccoc2)cc(-c2cccs2)nc1OC(C(=O)N/C(N)=[NH+]/NN)c1ccccc1. The van der Waals surface area contributed by atoms with E-state index in [9.17, 15) is 10.1 Å². The molecule has 0 aliphatic heterocycles.